The molecule has 0 bridgehead atoms. The molecule has 2 aliphatic rings. The average molecular weight is 386 g/mol. The van der Waals surface area contributed by atoms with Crippen LogP contribution in [0, 0.1) is 0 Å². The lowest BCUT2D eigenvalue weighted by Gasteiger charge is -2.27. The number of anilines is 1. The van der Waals surface area contributed by atoms with E-state index in [2.05, 4.69) is 10.6 Å². The van der Waals surface area contributed by atoms with Gasteiger partial charge in [0.1, 0.15) is 0 Å². The Kier molecular flexibility index (Phi) is 8.02. The Morgan fingerprint density at radius 3 is 2.84 bits per heavy atom. The van der Waals surface area contributed by atoms with Crippen molar-refractivity contribution in [2.24, 2.45) is 0 Å². The summed E-state index contributed by atoms with van der Waals surface area (Å²) < 4.78 is 5.28. The van der Waals surface area contributed by atoms with Crippen LogP contribution in [0.4, 0.5) is 5.69 Å². The van der Waals surface area contributed by atoms with Gasteiger partial charge in [0.2, 0.25) is 5.91 Å². The van der Waals surface area contributed by atoms with Gasteiger partial charge in [-0.3, -0.25) is 9.59 Å². The fourth-order valence-electron chi connectivity index (χ4n) is 2.87. The van der Waals surface area contributed by atoms with Crippen LogP contribution in [0.3, 0.4) is 0 Å². The highest BCUT2D eigenvalue weighted by Gasteiger charge is 2.20. The SMILES string of the molecule is Cl.O=C(CC1CSCCN1)Nc1cccc(C(=O)N2CCOCC2)c1. The van der Waals surface area contributed by atoms with E-state index in [1.54, 1.807) is 23.1 Å². The van der Waals surface area contributed by atoms with Crippen LogP contribution in [0.1, 0.15) is 16.8 Å². The van der Waals surface area contributed by atoms with Crippen LogP contribution in [0.2, 0.25) is 0 Å². The molecule has 0 spiro atoms. The van der Waals surface area contributed by atoms with E-state index in [0.717, 1.165) is 18.1 Å². The molecule has 1 atom stereocenters. The van der Waals surface area contributed by atoms with E-state index >= 15 is 0 Å². The molecule has 25 heavy (non-hydrogen) atoms. The number of amides is 2. The summed E-state index contributed by atoms with van der Waals surface area (Å²) in [5.41, 5.74) is 1.27. The minimum absolute atomic E-state index is 0. The molecule has 138 valence electrons. The predicted octanol–water partition coefficient (Wildman–Crippen LogP) is 1.61. The minimum Gasteiger partial charge on any atom is -0.378 e. The monoisotopic (exact) mass is 385 g/mol. The number of thioether (sulfide) groups is 1. The first-order valence-corrected chi connectivity index (χ1v) is 9.46. The van der Waals surface area contributed by atoms with Crippen molar-refractivity contribution in [3.8, 4) is 0 Å². The maximum Gasteiger partial charge on any atom is 0.254 e. The molecule has 1 unspecified atom stereocenters. The number of hydrogen-bond donors (Lipinski definition) is 2. The van der Waals surface area contributed by atoms with Gasteiger partial charge in [-0.1, -0.05) is 6.07 Å². The second kappa shape index (κ2) is 10.0. The van der Waals surface area contributed by atoms with Gasteiger partial charge < -0.3 is 20.3 Å². The molecular formula is C17H24ClN3O3S. The Labute approximate surface area is 158 Å². The number of carbonyl (C=O) groups is 2. The zero-order valence-corrected chi connectivity index (χ0v) is 15.7. The summed E-state index contributed by atoms with van der Waals surface area (Å²) in [6.07, 6.45) is 0.453. The van der Waals surface area contributed by atoms with Crippen molar-refractivity contribution in [1.29, 1.82) is 0 Å². The lowest BCUT2D eigenvalue weighted by Crippen LogP contribution is -2.40. The van der Waals surface area contributed by atoms with Gasteiger partial charge in [0, 0.05) is 54.9 Å². The molecule has 2 saturated heterocycles. The number of nitrogens with zero attached hydrogens (tertiary/aromatic N) is 1. The van der Waals surface area contributed by atoms with Gasteiger partial charge in [-0.25, -0.2) is 0 Å². The van der Waals surface area contributed by atoms with Gasteiger partial charge in [0.15, 0.2) is 0 Å². The molecule has 2 N–H and O–H groups in total. The molecule has 2 amide bonds. The number of ether oxygens (including phenoxy) is 1. The van der Waals surface area contributed by atoms with E-state index in [1.807, 2.05) is 17.8 Å². The quantitative estimate of drug-likeness (QED) is 0.824. The number of morpholine rings is 1. The number of benzene rings is 1. The van der Waals surface area contributed by atoms with Gasteiger partial charge in [0.25, 0.3) is 5.91 Å². The molecule has 0 aliphatic carbocycles. The third kappa shape index (κ3) is 5.88. The zero-order chi connectivity index (χ0) is 16.8. The summed E-state index contributed by atoms with van der Waals surface area (Å²) in [6, 6.07) is 7.38. The van der Waals surface area contributed by atoms with E-state index in [9.17, 15) is 9.59 Å². The number of hydrogen-bond acceptors (Lipinski definition) is 5. The average Bonchev–Trinajstić information content (AvgIpc) is 2.63. The zero-order valence-electron chi connectivity index (χ0n) is 14.0. The summed E-state index contributed by atoms with van der Waals surface area (Å²) in [6.45, 7) is 3.33. The Hall–Kier alpha value is -1.28. The van der Waals surface area contributed by atoms with Crippen LogP contribution in [0.25, 0.3) is 0 Å². The molecule has 1 aromatic rings. The molecule has 3 rings (SSSR count). The third-order valence-electron chi connectivity index (χ3n) is 4.12. The molecule has 0 aromatic heterocycles. The van der Waals surface area contributed by atoms with E-state index in [-0.39, 0.29) is 30.3 Å². The summed E-state index contributed by atoms with van der Waals surface area (Å²) in [7, 11) is 0. The normalized spacial score (nSPS) is 20.5. The minimum atomic E-state index is -0.0222. The number of nitrogens with one attached hydrogen (secondary N) is 2. The molecule has 2 aliphatic heterocycles. The second-order valence-corrected chi connectivity index (χ2v) is 7.11. The molecule has 6 nitrogen and oxygen atoms in total. The van der Waals surface area contributed by atoms with Gasteiger partial charge in [-0.2, -0.15) is 11.8 Å². The summed E-state index contributed by atoms with van der Waals surface area (Å²) >= 11 is 1.87. The van der Waals surface area contributed by atoms with Crippen molar-refractivity contribution in [2.75, 3.05) is 49.7 Å². The first-order chi connectivity index (χ1) is 11.7. The summed E-state index contributed by atoms with van der Waals surface area (Å²) in [4.78, 5) is 26.5. The lowest BCUT2D eigenvalue weighted by molar-refractivity contribution is -0.116. The van der Waals surface area contributed by atoms with Crippen molar-refractivity contribution in [3.05, 3.63) is 29.8 Å². The van der Waals surface area contributed by atoms with Gasteiger partial charge in [-0.15, -0.1) is 12.4 Å². The van der Waals surface area contributed by atoms with Gasteiger partial charge in [-0.05, 0) is 18.2 Å². The van der Waals surface area contributed by atoms with Crippen molar-refractivity contribution in [2.45, 2.75) is 12.5 Å². The van der Waals surface area contributed by atoms with Crippen molar-refractivity contribution in [3.63, 3.8) is 0 Å². The number of carbonyl (C=O) groups excluding carboxylic acids is 2. The largest absolute Gasteiger partial charge is 0.378 e. The van der Waals surface area contributed by atoms with E-state index in [0.29, 0.717) is 44.0 Å². The topological polar surface area (TPSA) is 70.7 Å². The fourth-order valence-corrected chi connectivity index (χ4v) is 3.81. The number of rotatable bonds is 4. The maximum absolute atomic E-state index is 12.5. The van der Waals surface area contributed by atoms with Crippen molar-refractivity contribution in [1.82, 2.24) is 10.2 Å². The summed E-state index contributed by atoms with van der Waals surface area (Å²) in [5, 5.41) is 6.26. The summed E-state index contributed by atoms with van der Waals surface area (Å²) in [5.74, 6) is 2.03. The Morgan fingerprint density at radius 1 is 1.32 bits per heavy atom. The molecule has 2 heterocycles. The first-order valence-electron chi connectivity index (χ1n) is 8.30. The van der Waals surface area contributed by atoms with Crippen LogP contribution in [0.15, 0.2) is 24.3 Å². The second-order valence-electron chi connectivity index (χ2n) is 5.96. The van der Waals surface area contributed by atoms with E-state index < -0.39 is 0 Å². The Balaban J connectivity index is 0.00000225. The highest BCUT2D eigenvalue weighted by atomic mass is 35.5. The van der Waals surface area contributed by atoms with Crippen molar-refractivity contribution < 1.29 is 14.3 Å². The molecule has 1 aromatic carbocycles. The highest BCUT2D eigenvalue weighted by Crippen LogP contribution is 2.15. The first kappa shape index (κ1) is 20.0. The lowest BCUT2D eigenvalue weighted by atomic mass is 10.1. The molecule has 0 radical (unpaired) electrons. The Bertz CT molecular complexity index is 590. The van der Waals surface area contributed by atoms with Crippen LogP contribution in [0.5, 0.6) is 0 Å². The standard InChI is InChI=1S/C17H23N3O3S.ClH/c21-16(11-15-12-24-9-4-18-15)19-14-3-1-2-13(10-14)17(22)20-5-7-23-8-6-20;/h1-3,10,15,18H,4-9,11-12H2,(H,19,21);1H. The molecule has 0 saturated carbocycles. The van der Waals surface area contributed by atoms with Crippen LogP contribution in [-0.4, -0.2) is 67.1 Å². The van der Waals surface area contributed by atoms with Crippen LogP contribution in [-0.2, 0) is 9.53 Å². The molecule has 2 fully saturated rings. The third-order valence-corrected chi connectivity index (χ3v) is 5.25. The molecular weight excluding hydrogens is 362 g/mol. The highest BCUT2D eigenvalue weighted by molar-refractivity contribution is 7.99. The predicted molar refractivity (Wildman–Crippen MR) is 103 cm³/mol. The fraction of sp³-hybridized carbons (Fsp3) is 0.529. The maximum atomic E-state index is 12.5. The smallest absolute Gasteiger partial charge is 0.254 e. The molecule has 8 heteroatoms. The number of halogens is 1. The van der Waals surface area contributed by atoms with E-state index in [4.69, 9.17) is 4.74 Å². The van der Waals surface area contributed by atoms with E-state index in [1.165, 1.54) is 0 Å². The Morgan fingerprint density at radius 2 is 2.12 bits per heavy atom. The van der Waals surface area contributed by atoms with Gasteiger partial charge in [0.05, 0.1) is 13.2 Å². The van der Waals surface area contributed by atoms with Crippen molar-refractivity contribution >= 4 is 41.7 Å². The van der Waals surface area contributed by atoms with Crippen LogP contribution < -0.4 is 10.6 Å². The van der Waals surface area contributed by atoms with Crippen LogP contribution >= 0.6 is 24.2 Å². The van der Waals surface area contributed by atoms with Gasteiger partial charge >= 0.3 is 0 Å².